The highest BCUT2D eigenvalue weighted by molar-refractivity contribution is 7.99. The molecule has 0 aliphatic carbocycles. The van der Waals surface area contributed by atoms with E-state index in [0.717, 1.165) is 17.1 Å². The maximum Gasteiger partial charge on any atom is 0.316 e. The summed E-state index contributed by atoms with van der Waals surface area (Å²) in [5.74, 6) is 0.756. The standard InChI is InChI=1S/C21H23N3O2S/c1-21(2,3)26-19(25)15-27-20-23-22-18(14-16-10-6-4-7-11-16)24(20)17-12-8-5-9-13-17/h4-13H,14-15H2,1-3H3. The maximum atomic E-state index is 12.1. The van der Waals surface area contributed by atoms with Crippen LogP contribution in [-0.4, -0.2) is 32.1 Å². The third-order valence-corrected chi connectivity index (χ3v) is 4.56. The van der Waals surface area contributed by atoms with Gasteiger partial charge in [0.05, 0.1) is 5.75 Å². The van der Waals surface area contributed by atoms with Gasteiger partial charge in [0.15, 0.2) is 5.16 Å². The molecule has 6 heteroatoms. The lowest BCUT2D eigenvalue weighted by Crippen LogP contribution is -2.25. The van der Waals surface area contributed by atoms with Gasteiger partial charge in [-0.15, -0.1) is 10.2 Å². The molecule has 5 nitrogen and oxygen atoms in total. The quantitative estimate of drug-likeness (QED) is 0.471. The molecule has 140 valence electrons. The first-order valence-electron chi connectivity index (χ1n) is 8.81. The number of rotatable bonds is 6. The molecule has 0 atom stereocenters. The van der Waals surface area contributed by atoms with E-state index in [0.29, 0.717) is 11.6 Å². The van der Waals surface area contributed by atoms with Crippen molar-refractivity contribution in [3.8, 4) is 5.69 Å². The molecule has 3 rings (SSSR count). The molecule has 1 heterocycles. The highest BCUT2D eigenvalue weighted by Gasteiger charge is 2.19. The molecule has 3 aromatic rings. The van der Waals surface area contributed by atoms with Crippen molar-refractivity contribution in [2.45, 2.75) is 37.9 Å². The predicted molar refractivity (Wildman–Crippen MR) is 107 cm³/mol. The second-order valence-electron chi connectivity index (χ2n) is 7.11. The summed E-state index contributed by atoms with van der Waals surface area (Å²) in [6.45, 7) is 5.58. The van der Waals surface area contributed by atoms with Crippen LogP contribution in [0.25, 0.3) is 5.69 Å². The van der Waals surface area contributed by atoms with Crippen molar-refractivity contribution >= 4 is 17.7 Å². The lowest BCUT2D eigenvalue weighted by atomic mass is 10.1. The molecule has 2 aromatic carbocycles. The Morgan fingerprint density at radius 3 is 2.26 bits per heavy atom. The van der Waals surface area contributed by atoms with Crippen LogP contribution in [0.4, 0.5) is 0 Å². The number of para-hydroxylation sites is 1. The van der Waals surface area contributed by atoms with E-state index in [2.05, 4.69) is 22.3 Å². The van der Waals surface area contributed by atoms with Gasteiger partial charge in [-0.1, -0.05) is 60.3 Å². The van der Waals surface area contributed by atoms with Crippen molar-refractivity contribution < 1.29 is 9.53 Å². The highest BCUT2D eigenvalue weighted by Crippen LogP contribution is 2.24. The predicted octanol–water partition coefficient (Wildman–Crippen LogP) is 4.29. The largest absolute Gasteiger partial charge is 0.459 e. The van der Waals surface area contributed by atoms with Gasteiger partial charge in [0.2, 0.25) is 0 Å². The molecular weight excluding hydrogens is 358 g/mol. The lowest BCUT2D eigenvalue weighted by molar-refractivity contribution is -0.151. The first kappa shape index (κ1) is 19.2. The normalized spacial score (nSPS) is 11.4. The van der Waals surface area contributed by atoms with Gasteiger partial charge in [-0.05, 0) is 38.5 Å². The topological polar surface area (TPSA) is 57.0 Å². The molecule has 0 amide bonds. The summed E-state index contributed by atoms with van der Waals surface area (Å²) in [5.41, 5.74) is 1.63. The molecule has 0 bridgehead atoms. The molecular formula is C21H23N3O2S. The van der Waals surface area contributed by atoms with E-state index in [9.17, 15) is 4.79 Å². The summed E-state index contributed by atoms with van der Waals surface area (Å²) in [4.78, 5) is 12.1. The summed E-state index contributed by atoms with van der Waals surface area (Å²) >= 11 is 1.34. The molecule has 0 unspecified atom stereocenters. The third kappa shape index (κ3) is 5.44. The second-order valence-corrected chi connectivity index (χ2v) is 8.05. The van der Waals surface area contributed by atoms with E-state index in [1.165, 1.54) is 11.8 Å². The minimum absolute atomic E-state index is 0.188. The Bertz CT molecular complexity index is 887. The van der Waals surface area contributed by atoms with Gasteiger partial charge in [0, 0.05) is 12.1 Å². The summed E-state index contributed by atoms with van der Waals surface area (Å²) in [5, 5.41) is 9.38. The number of hydrogen-bond acceptors (Lipinski definition) is 5. The summed E-state index contributed by atoms with van der Waals surface area (Å²) in [7, 11) is 0. The van der Waals surface area contributed by atoms with Crippen molar-refractivity contribution in [3.05, 3.63) is 72.1 Å². The number of ether oxygens (including phenoxy) is 1. The second kappa shape index (κ2) is 8.39. The Labute approximate surface area is 163 Å². The zero-order valence-electron chi connectivity index (χ0n) is 15.8. The molecule has 1 aromatic heterocycles. The van der Waals surface area contributed by atoms with Gasteiger partial charge >= 0.3 is 5.97 Å². The van der Waals surface area contributed by atoms with Crippen LogP contribution in [-0.2, 0) is 16.0 Å². The van der Waals surface area contributed by atoms with Gasteiger partial charge in [0.1, 0.15) is 11.4 Å². The van der Waals surface area contributed by atoms with Crippen molar-refractivity contribution in [2.75, 3.05) is 5.75 Å². The van der Waals surface area contributed by atoms with Crippen LogP contribution < -0.4 is 0 Å². The number of carbonyl (C=O) groups is 1. The zero-order valence-corrected chi connectivity index (χ0v) is 16.6. The first-order valence-corrected chi connectivity index (χ1v) is 9.79. The number of carbonyl (C=O) groups excluding carboxylic acids is 1. The number of benzene rings is 2. The highest BCUT2D eigenvalue weighted by atomic mass is 32.2. The van der Waals surface area contributed by atoms with E-state index in [4.69, 9.17) is 4.74 Å². The third-order valence-electron chi connectivity index (χ3n) is 3.66. The van der Waals surface area contributed by atoms with Crippen molar-refractivity contribution in [3.63, 3.8) is 0 Å². The average Bonchev–Trinajstić information content (AvgIpc) is 3.02. The number of esters is 1. The molecule has 27 heavy (non-hydrogen) atoms. The average molecular weight is 382 g/mol. The van der Waals surface area contributed by atoms with Crippen LogP contribution in [0.15, 0.2) is 65.8 Å². The SMILES string of the molecule is CC(C)(C)OC(=O)CSc1nnc(Cc2ccccc2)n1-c1ccccc1. The summed E-state index contributed by atoms with van der Waals surface area (Å²) in [6.07, 6.45) is 0.662. The fourth-order valence-electron chi connectivity index (χ4n) is 2.62. The van der Waals surface area contributed by atoms with Crippen molar-refractivity contribution in [1.82, 2.24) is 14.8 Å². The van der Waals surface area contributed by atoms with Crippen LogP contribution in [0.2, 0.25) is 0 Å². The fraction of sp³-hybridized carbons (Fsp3) is 0.286. The molecule has 0 fully saturated rings. The molecule has 0 aliphatic rings. The Balaban J connectivity index is 1.84. The molecule has 0 aliphatic heterocycles. The summed E-state index contributed by atoms with van der Waals surface area (Å²) < 4.78 is 7.39. The summed E-state index contributed by atoms with van der Waals surface area (Å²) in [6, 6.07) is 20.1. The van der Waals surface area contributed by atoms with E-state index in [1.54, 1.807) is 0 Å². The number of thioether (sulfide) groups is 1. The van der Waals surface area contributed by atoms with Crippen LogP contribution in [0, 0.1) is 0 Å². The molecule has 0 saturated heterocycles. The maximum absolute atomic E-state index is 12.1. The minimum atomic E-state index is -0.497. The zero-order chi connectivity index (χ0) is 19.3. The lowest BCUT2D eigenvalue weighted by Gasteiger charge is -2.19. The Morgan fingerprint density at radius 1 is 1.00 bits per heavy atom. The Kier molecular flexibility index (Phi) is 5.96. The Morgan fingerprint density at radius 2 is 1.63 bits per heavy atom. The monoisotopic (exact) mass is 381 g/mol. The van der Waals surface area contributed by atoms with Crippen LogP contribution >= 0.6 is 11.8 Å². The van der Waals surface area contributed by atoms with Gasteiger partial charge in [-0.3, -0.25) is 9.36 Å². The minimum Gasteiger partial charge on any atom is -0.459 e. The van der Waals surface area contributed by atoms with Gasteiger partial charge in [-0.25, -0.2) is 0 Å². The molecule has 0 saturated carbocycles. The van der Waals surface area contributed by atoms with Crippen LogP contribution in [0.1, 0.15) is 32.2 Å². The van der Waals surface area contributed by atoms with Crippen LogP contribution in [0.3, 0.4) is 0 Å². The number of nitrogens with zero attached hydrogens (tertiary/aromatic N) is 3. The van der Waals surface area contributed by atoms with Crippen LogP contribution in [0.5, 0.6) is 0 Å². The Hall–Kier alpha value is -2.60. The fourth-order valence-corrected chi connectivity index (χ4v) is 3.36. The van der Waals surface area contributed by atoms with Crippen molar-refractivity contribution in [1.29, 1.82) is 0 Å². The molecule has 0 radical (unpaired) electrons. The smallest absolute Gasteiger partial charge is 0.316 e. The number of aromatic nitrogens is 3. The van der Waals surface area contributed by atoms with Gasteiger partial charge in [-0.2, -0.15) is 0 Å². The van der Waals surface area contributed by atoms with E-state index < -0.39 is 5.60 Å². The number of hydrogen-bond donors (Lipinski definition) is 0. The van der Waals surface area contributed by atoms with E-state index in [-0.39, 0.29) is 11.7 Å². The van der Waals surface area contributed by atoms with E-state index in [1.807, 2.05) is 73.9 Å². The van der Waals surface area contributed by atoms with Crippen molar-refractivity contribution in [2.24, 2.45) is 0 Å². The van der Waals surface area contributed by atoms with E-state index >= 15 is 0 Å². The van der Waals surface area contributed by atoms with Gasteiger partial charge < -0.3 is 4.74 Å². The molecule has 0 N–H and O–H groups in total. The molecule has 0 spiro atoms. The van der Waals surface area contributed by atoms with Gasteiger partial charge in [0.25, 0.3) is 0 Å². The first-order chi connectivity index (χ1) is 12.9.